The highest BCUT2D eigenvalue weighted by atomic mass is 16.5. The molecule has 0 saturated carbocycles. The molecule has 1 saturated heterocycles. The van der Waals surface area contributed by atoms with Crippen LogP contribution in [0.5, 0.6) is 5.75 Å². The molecular weight excluding hydrogens is 384 g/mol. The first kappa shape index (κ1) is 21.6. The van der Waals surface area contributed by atoms with E-state index in [0.717, 1.165) is 0 Å². The van der Waals surface area contributed by atoms with Crippen molar-refractivity contribution in [1.29, 1.82) is 0 Å². The summed E-state index contributed by atoms with van der Waals surface area (Å²) in [6.45, 7) is 4.77. The lowest BCUT2D eigenvalue weighted by Crippen LogP contribution is -2.53. The summed E-state index contributed by atoms with van der Waals surface area (Å²) in [4.78, 5) is 39.9. The van der Waals surface area contributed by atoms with Crippen LogP contribution in [0.25, 0.3) is 0 Å². The smallest absolute Gasteiger partial charge is 0.287 e. The summed E-state index contributed by atoms with van der Waals surface area (Å²) in [6, 6.07) is 9.66. The molecule has 3 rings (SSSR count). The third kappa shape index (κ3) is 4.90. The van der Waals surface area contributed by atoms with Crippen LogP contribution in [0.15, 0.2) is 47.1 Å². The van der Waals surface area contributed by atoms with E-state index in [4.69, 9.17) is 9.15 Å². The monoisotopic (exact) mass is 412 g/mol. The first-order valence-electron chi connectivity index (χ1n) is 10.2. The van der Waals surface area contributed by atoms with Gasteiger partial charge < -0.3 is 19.4 Å². The lowest BCUT2D eigenvalue weighted by atomic mass is 9.88. The van der Waals surface area contributed by atoms with Crippen LogP contribution in [-0.4, -0.2) is 48.7 Å². The molecule has 2 heterocycles. The number of piperidine rings is 1. The van der Waals surface area contributed by atoms with Gasteiger partial charge in [-0.25, -0.2) is 0 Å². The number of amides is 2. The average Bonchev–Trinajstić information content (AvgIpc) is 3.31. The zero-order valence-electron chi connectivity index (χ0n) is 17.6. The van der Waals surface area contributed by atoms with Crippen molar-refractivity contribution >= 4 is 17.6 Å². The van der Waals surface area contributed by atoms with Gasteiger partial charge in [-0.05, 0) is 55.2 Å². The van der Waals surface area contributed by atoms with Crippen molar-refractivity contribution in [2.45, 2.75) is 32.7 Å². The number of rotatable bonds is 7. The second kappa shape index (κ2) is 9.61. The molecule has 1 N–H and O–H groups in total. The first-order chi connectivity index (χ1) is 14.4. The summed E-state index contributed by atoms with van der Waals surface area (Å²) in [7, 11) is 1.59. The fourth-order valence-corrected chi connectivity index (χ4v) is 3.68. The van der Waals surface area contributed by atoms with E-state index in [2.05, 4.69) is 5.32 Å². The van der Waals surface area contributed by atoms with E-state index in [1.54, 1.807) is 48.4 Å². The van der Waals surface area contributed by atoms with Crippen molar-refractivity contribution < 1.29 is 23.5 Å². The molecule has 0 bridgehead atoms. The first-order valence-corrected chi connectivity index (χ1v) is 10.2. The van der Waals surface area contributed by atoms with Gasteiger partial charge in [0.2, 0.25) is 5.91 Å². The molecule has 7 heteroatoms. The fourth-order valence-electron chi connectivity index (χ4n) is 3.68. The number of methoxy groups -OCH3 is 1. The number of furan rings is 1. The number of nitrogens with one attached hydrogen (secondary N) is 1. The van der Waals surface area contributed by atoms with Gasteiger partial charge in [-0.2, -0.15) is 0 Å². The van der Waals surface area contributed by atoms with E-state index >= 15 is 0 Å². The Morgan fingerprint density at radius 3 is 2.30 bits per heavy atom. The highest BCUT2D eigenvalue weighted by molar-refractivity contribution is 5.98. The van der Waals surface area contributed by atoms with Gasteiger partial charge in [-0.3, -0.25) is 14.4 Å². The van der Waals surface area contributed by atoms with Gasteiger partial charge in [0, 0.05) is 24.6 Å². The molecule has 1 aromatic heterocycles. The van der Waals surface area contributed by atoms with Crippen LogP contribution in [0, 0.1) is 11.8 Å². The molecule has 0 aliphatic carbocycles. The van der Waals surface area contributed by atoms with Crippen molar-refractivity contribution in [2.24, 2.45) is 11.8 Å². The number of carbonyl (C=O) groups is 3. The van der Waals surface area contributed by atoms with Crippen LogP contribution in [0.1, 0.15) is 47.6 Å². The van der Waals surface area contributed by atoms with Crippen LogP contribution in [0.2, 0.25) is 0 Å². The summed E-state index contributed by atoms with van der Waals surface area (Å²) in [5.74, 6) is 0.265. The SMILES string of the molecule is COc1ccc(C(=O)C2CCN(C(=O)[C@H](NC(=O)c3ccco3)C(C)C)CC2)cc1. The normalized spacial score (nSPS) is 15.7. The van der Waals surface area contributed by atoms with E-state index in [-0.39, 0.29) is 29.3 Å². The third-order valence-corrected chi connectivity index (χ3v) is 5.52. The number of hydrogen-bond acceptors (Lipinski definition) is 5. The molecule has 1 aliphatic rings. The molecule has 1 fully saturated rings. The molecule has 7 nitrogen and oxygen atoms in total. The maximum absolute atomic E-state index is 13.0. The van der Waals surface area contributed by atoms with Crippen molar-refractivity contribution in [3.63, 3.8) is 0 Å². The number of carbonyl (C=O) groups excluding carboxylic acids is 3. The Balaban J connectivity index is 1.58. The molecule has 1 atom stereocenters. The summed E-state index contributed by atoms with van der Waals surface area (Å²) in [5, 5.41) is 2.78. The predicted octanol–water partition coefficient (Wildman–Crippen LogP) is 3.16. The standard InChI is InChI=1S/C23H28N2O5/c1-15(2)20(24-22(27)19-5-4-14-30-19)23(28)25-12-10-17(11-13-25)21(26)16-6-8-18(29-3)9-7-16/h4-9,14-15,17,20H,10-13H2,1-3H3,(H,24,27)/t20-/m1/s1. The molecule has 2 amide bonds. The van der Waals surface area contributed by atoms with Gasteiger partial charge in [0.05, 0.1) is 13.4 Å². The number of nitrogens with zero attached hydrogens (tertiary/aromatic N) is 1. The molecule has 160 valence electrons. The van der Waals surface area contributed by atoms with Crippen LogP contribution in [0.3, 0.4) is 0 Å². The van der Waals surface area contributed by atoms with Crippen molar-refractivity contribution in [3.05, 3.63) is 54.0 Å². The Morgan fingerprint density at radius 1 is 1.10 bits per heavy atom. The fraction of sp³-hybridized carbons (Fsp3) is 0.435. The second-order valence-corrected chi connectivity index (χ2v) is 7.86. The Kier molecular flexibility index (Phi) is 6.92. The third-order valence-electron chi connectivity index (χ3n) is 5.52. The van der Waals surface area contributed by atoms with Crippen LogP contribution in [0.4, 0.5) is 0 Å². The largest absolute Gasteiger partial charge is 0.497 e. The minimum absolute atomic E-state index is 0.0740. The Labute approximate surface area is 176 Å². The van der Waals surface area contributed by atoms with E-state index < -0.39 is 11.9 Å². The highest BCUT2D eigenvalue weighted by Gasteiger charge is 2.33. The van der Waals surface area contributed by atoms with Gasteiger partial charge in [-0.15, -0.1) is 0 Å². The predicted molar refractivity (Wildman–Crippen MR) is 111 cm³/mol. The lowest BCUT2D eigenvalue weighted by Gasteiger charge is -2.35. The minimum atomic E-state index is -0.642. The van der Waals surface area contributed by atoms with E-state index in [9.17, 15) is 14.4 Å². The van der Waals surface area contributed by atoms with Crippen molar-refractivity contribution in [3.8, 4) is 5.75 Å². The maximum Gasteiger partial charge on any atom is 0.287 e. The minimum Gasteiger partial charge on any atom is -0.497 e. The van der Waals surface area contributed by atoms with E-state index in [1.807, 2.05) is 13.8 Å². The average molecular weight is 412 g/mol. The molecule has 1 aliphatic heterocycles. The molecule has 0 unspecified atom stereocenters. The van der Waals surface area contributed by atoms with Crippen molar-refractivity contribution in [1.82, 2.24) is 10.2 Å². The topological polar surface area (TPSA) is 88.9 Å². The molecule has 0 spiro atoms. The zero-order chi connectivity index (χ0) is 21.7. The van der Waals surface area contributed by atoms with E-state index in [0.29, 0.717) is 37.2 Å². The number of ether oxygens (including phenoxy) is 1. The quantitative estimate of drug-likeness (QED) is 0.706. The number of hydrogen-bond donors (Lipinski definition) is 1. The molecular formula is C23H28N2O5. The van der Waals surface area contributed by atoms with Gasteiger partial charge in [0.1, 0.15) is 11.8 Å². The molecule has 1 aromatic carbocycles. The van der Waals surface area contributed by atoms with Crippen molar-refractivity contribution in [2.75, 3.05) is 20.2 Å². The summed E-state index contributed by atoms with van der Waals surface area (Å²) in [6.07, 6.45) is 2.63. The van der Waals surface area contributed by atoms with Gasteiger partial charge >= 0.3 is 0 Å². The molecule has 0 radical (unpaired) electrons. The number of ketones is 1. The number of benzene rings is 1. The number of likely N-dealkylation sites (tertiary alicyclic amines) is 1. The zero-order valence-corrected chi connectivity index (χ0v) is 17.6. The highest BCUT2D eigenvalue weighted by Crippen LogP contribution is 2.24. The Hall–Kier alpha value is -3.09. The van der Waals surface area contributed by atoms with Gasteiger partial charge in [0.15, 0.2) is 11.5 Å². The summed E-state index contributed by atoms with van der Waals surface area (Å²) in [5.41, 5.74) is 0.659. The van der Waals surface area contributed by atoms with Crippen LogP contribution in [-0.2, 0) is 4.79 Å². The Morgan fingerprint density at radius 2 is 1.77 bits per heavy atom. The Bertz CT molecular complexity index is 866. The van der Waals surface area contributed by atoms with E-state index in [1.165, 1.54) is 6.26 Å². The lowest BCUT2D eigenvalue weighted by molar-refractivity contribution is -0.135. The van der Waals surface area contributed by atoms with Gasteiger partial charge in [0.25, 0.3) is 5.91 Å². The number of Topliss-reactive ketones (excluding diaryl/α,β-unsaturated/α-hetero) is 1. The molecule has 30 heavy (non-hydrogen) atoms. The second-order valence-electron chi connectivity index (χ2n) is 7.86. The summed E-state index contributed by atoms with van der Waals surface area (Å²) >= 11 is 0. The molecule has 2 aromatic rings. The van der Waals surface area contributed by atoms with Crippen LogP contribution < -0.4 is 10.1 Å². The van der Waals surface area contributed by atoms with Gasteiger partial charge in [-0.1, -0.05) is 13.8 Å². The van der Waals surface area contributed by atoms with Crippen LogP contribution >= 0.6 is 0 Å². The summed E-state index contributed by atoms with van der Waals surface area (Å²) < 4.78 is 10.3. The maximum atomic E-state index is 13.0.